The number of pyridine rings is 1. The fraction of sp³-hybridized carbons (Fsp3) is 0.458. The number of ketones is 1. The van der Waals surface area contributed by atoms with Crippen molar-refractivity contribution in [1.82, 2.24) is 4.98 Å². The lowest BCUT2D eigenvalue weighted by atomic mass is 9.77. The quantitative estimate of drug-likeness (QED) is 0.289. The van der Waals surface area contributed by atoms with Crippen molar-refractivity contribution < 1.29 is 50.9 Å². The Morgan fingerprint density at radius 1 is 1.19 bits per heavy atom. The number of amides is 1. The zero-order valence-electron chi connectivity index (χ0n) is 20.1. The number of alkyl halides is 3. The Labute approximate surface area is 208 Å². The first kappa shape index (κ1) is 28.4. The van der Waals surface area contributed by atoms with Gasteiger partial charge < -0.3 is 24.6 Å². The van der Waals surface area contributed by atoms with E-state index >= 15 is 0 Å². The summed E-state index contributed by atoms with van der Waals surface area (Å²) in [5.74, 6) is -7.87. The molecule has 0 spiro atoms. The standard InChI is InChI=1S/C24H25F5N2O6/c1-12-18(14-5-6-15(25)19(26)20(14)36-9-8-35-3)21(37-23(12,2)24(27,28)29)22(34)31-13-4-7-16(30-10-13)17(33)11-32/h4-7,10,12,18,21,32H,8-9,11H2,1-3H3,(H,31,34)/t12-,18-,21+,23+/m0/s1. The normalized spacial score (nSPS) is 23.6. The molecular weight excluding hydrogens is 507 g/mol. The Bertz CT molecular complexity index is 1140. The van der Waals surface area contributed by atoms with Crippen molar-refractivity contribution in [2.24, 2.45) is 5.92 Å². The van der Waals surface area contributed by atoms with E-state index in [2.05, 4.69) is 10.3 Å². The van der Waals surface area contributed by atoms with Gasteiger partial charge in [-0.05, 0) is 25.1 Å². The molecule has 1 aliphatic heterocycles. The minimum atomic E-state index is -4.91. The summed E-state index contributed by atoms with van der Waals surface area (Å²) >= 11 is 0. The lowest BCUT2D eigenvalue weighted by Gasteiger charge is -2.32. The van der Waals surface area contributed by atoms with Crippen molar-refractivity contribution in [1.29, 1.82) is 0 Å². The molecule has 1 saturated heterocycles. The molecule has 0 saturated carbocycles. The largest absolute Gasteiger partial charge is 0.488 e. The lowest BCUT2D eigenvalue weighted by Crippen LogP contribution is -2.47. The van der Waals surface area contributed by atoms with E-state index < -0.39 is 65.4 Å². The Morgan fingerprint density at radius 2 is 1.89 bits per heavy atom. The average Bonchev–Trinajstić information content (AvgIpc) is 3.13. The van der Waals surface area contributed by atoms with Crippen LogP contribution in [0.1, 0.15) is 35.8 Å². The van der Waals surface area contributed by atoms with E-state index in [1.54, 1.807) is 0 Å². The number of Topliss-reactive ketones (excluding diaryl/α,β-unsaturated/α-hetero) is 1. The van der Waals surface area contributed by atoms with Crippen LogP contribution in [0.2, 0.25) is 0 Å². The van der Waals surface area contributed by atoms with Gasteiger partial charge in [-0.3, -0.25) is 14.6 Å². The van der Waals surface area contributed by atoms with Crippen LogP contribution in [-0.2, 0) is 14.3 Å². The van der Waals surface area contributed by atoms with Crippen LogP contribution in [0.5, 0.6) is 5.75 Å². The number of nitrogens with one attached hydrogen (secondary N) is 1. The molecule has 4 atom stereocenters. The van der Waals surface area contributed by atoms with Gasteiger partial charge in [0.25, 0.3) is 5.91 Å². The minimum absolute atomic E-state index is 0.0158. The van der Waals surface area contributed by atoms with E-state index in [1.165, 1.54) is 26.2 Å². The molecule has 0 unspecified atom stereocenters. The highest BCUT2D eigenvalue weighted by Crippen LogP contribution is 2.55. The van der Waals surface area contributed by atoms with Crippen LogP contribution in [0.4, 0.5) is 27.6 Å². The summed E-state index contributed by atoms with van der Waals surface area (Å²) < 4.78 is 86.5. The van der Waals surface area contributed by atoms with Gasteiger partial charge in [0.1, 0.15) is 25.0 Å². The number of anilines is 1. The number of halogens is 5. The van der Waals surface area contributed by atoms with Gasteiger partial charge in [0.15, 0.2) is 17.2 Å². The van der Waals surface area contributed by atoms with Gasteiger partial charge in [0.2, 0.25) is 11.6 Å². The van der Waals surface area contributed by atoms with E-state index in [4.69, 9.17) is 19.3 Å². The summed E-state index contributed by atoms with van der Waals surface area (Å²) in [5, 5.41) is 11.3. The molecule has 1 aliphatic rings. The zero-order chi connectivity index (χ0) is 27.5. The maximum atomic E-state index is 14.7. The van der Waals surface area contributed by atoms with Gasteiger partial charge >= 0.3 is 6.18 Å². The molecule has 2 heterocycles. The Balaban J connectivity index is 2.02. The number of aliphatic hydroxyl groups excluding tert-OH is 1. The third-order valence-electron chi connectivity index (χ3n) is 6.36. The summed E-state index contributed by atoms with van der Waals surface area (Å²) in [7, 11) is 1.34. The van der Waals surface area contributed by atoms with Crippen LogP contribution >= 0.6 is 0 Å². The highest BCUT2D eigenvalue weighted by molar-refractivity contribution is 5.97. The second-order valence-corrected chi connectivity index (χ2v) is 8.58. The Hall–Kier alpha value is -3.16. The van der Waals surface area contributed by atoms with Gasteiger partial charge in [0.05, 0.1) is 18.5 Å². The first-order valence-corrected chi connectivity index (χ1v) is 11.1. The third kappa shape index (κ3) is 5.58. The van der Waals surface area contributed by atoms with Crippen LogP contribution in [0.3, 0.4) is 0 Å². The molecule has 1 aromatic heterocycles. The number of rotatable bonds is 9. The number of methoxy groups -OCH3 is 1. The van der Waals surface area contributed by atoms with Gasteiger partial charge in [0, 0.05) is 24.5 Å². The first-order valence-electron chi connectivity index (χ1n) is 11.1. The highest BCUT2D eigenvalue weighted by Gasteiger charge is 2.66. The highest BCUT2D eigenvalue weighted by atomic mass is 19.4. The molecule has 0 aliphatic carbocycles. The molecule has 13 heteroatoms. The first-order chi connectivity index (χ1) is 17.4. The van der Waals surface area contributed by atoms with Crippen LogP contribution in [-0.4, -0.2) is 66.6 Å². The zero-order valence-corrected chi connectivity index (χ0v) is 20.1. The summed E-state index contributed by atoms with van der Waals surface area (Å²) in [6, 6.07) is 4.27. The number of hydrogen-bond acceptors (Lipinski definition) is 7. The number of carbonyl (C=O) groups excluding carboxylic acids is 2. The molecule has 0 bridgehead atoms. The van der Waals surface area contributed by atoms with Gasteiger partial charge in [-0.1, -0.05) is 13.0 Å². The molecule has 37 heavy (non-hydrogen) atoms. The van der Waals surface area contributed by atoms with E-state index in [9.17, 15) is 31.5 Å². The van der Waals surface area contributed by atoms with Gasteiger partial charge in [-0.15, -0.1) is 0 Å². The van der Waals surface area contributed by atoms with Crippen molar-refractivity contribution in [2.75, 3.05) is 32.2 Å². The maximum absolute atomic E-state index is 14.7. The SMILES string of the molecule is COCCOc1c([C@H]2[C@H](C(=O)Nc3ccc(C(=O)CO)nc3)O[C@@](C)(C(F)(F)F)[C@H]2C)ccc(F)c1F. The van der Waals surface area contributed by atoms with Gasteiger partial charge in [-0.2, -0.15) is 17.6 Å². The Morgan fingerprint density at radius 3 is 2.46 bits per heavy atom. The topological polar surface area (TPSA) is 107 Å². The van der Waals surface area contributed by atoms with Crippen LogP contribution < -0.4 is 10.1 Å². The monoisotopic (exact) mass is 532 g/mol. The maximum Gasteiger partial charge on any atom is 0.417 e. The van der Waals surface area contributed by atoms with Crippen molar-refractivity contribution in [2.45, 2.75) is 37.6 Å². The summed E-state index contributed by atoms with van der Waals surface area (Å²) in [5.41, 5.74) is -3.06. The second-order valence-electron chi connectivity index (χ2n) is 8.58. The van der Waals surface area contributed by atoms with Crippen molar-refractivity contribution >= 4 is 17.4 Å². The second kappa shape index (κ2) is 11.1. The van der Waals surface area contributed by atoms with E-state index in [-0.39, 0.29) is 30.2 Å². The molecule has 202 valence electrons. The van der Waals surface area contributed by atoms with Crippen LogP contribution in [0.25, 0.3) is 0 Å². The van der Waals surface area contributed by atoms with Gasteiger partial charge in [-0.25, -0.2) is 4.39 Å². The number of carbonyl (C=O) groups is 2. The molecule has 2 N–H and O–H groups in total. The molecule has 0 radical (unpaired) electrons. The summed E-state index contributed by atoms with van der Waals surface area (Å²) in [6.07, 6.45) is -5.63. The lowest BCUT2D eigenvalue weighted by molar-refractivity contribution is -0.272. The number of hydrogen-bond donors (Lipinski definition) is 2. The van der Waals surface area contributed by atoms with Crippen LogP contribution in [0.15, 0.2) is 30.5 Å². The molecule has 2 aromatic rings. The van der Waals surface area contributed by atoms with Crippen LogP contribution in [0, 0.1) is 17.6 Å². The fourth-order valence-electron chi connectivity index (χ4n) is 4.13. The number of ether oxygens (including phenoxy) is 3. The summed E-state index contributed by atoms with van der Waals surface area (Å²) in [4.78, 5) is 28.5. The number of benzene rings is 1. The molecule has 1 amide bonds. The third-order valence-corrected chi connectivity index (χ3v) is 6.36. The van der Waals surface area contributed by atoms with Crippen molar-refractivity contribution in [3.8, 4) is 5.75 Å². The molecule has 8 nitrogen and oxygen atoms in total. The molecule has 1 fully saturated rings. The molecule has 3 rings (SSSR count). The molecular formula is C24H25F5N2O6. The van der Waals surface area contributed by atoms with Crippen molar-refractivity contribution in [3.05, 3.63) is 53.4 Å². The molecule has 1 aromatic carbocycles. The fourth-order valence-corrected chi connectivity index (χ4v) is 4.13. The number of nitrogens with zero attached hydrogens (tertiary/aromatic N) is 1. The van der Waals surface area contributed by atoms with E-state index in [1.807, 2.05) is 0 Å². The smallest absolute Gasteiger partial charge is 0.417 e. The Kier molecular flexibility index (Phi) is 8.50. The minimum Gasteiger partial charge on any atom is -0.488 e. The number of aliphatic hydroxyl groups is 1. The average molecular weight is 532 g/mol. The predicted octanol–water partition coefficient (Wildman–Crippen LogP) is 3.64. The predicted molar refractivity (Wildman–Crippen MR) is 119 cm³/mol. The number of aromatic nitrogens is 1. The van der Waals surface area contributed by atoms with E-state index in [0.717, 1.165) is 25.3 Å². The summed E-state index contributed by atoms with van der Waals surface area (Å²) in [6.45, 7) is 0.942. The van der Waals surface area contributed by atoms with Crippen molar-refractivity contribution in [3.63, 3.8) is 0 Å². The van der Waals surface area contributed by atoms with E-state index in [0.29, 0.717) is 0 Å².